The van der Waals surface area contributed by atoms with Gasteiger partial charge in [-0.05, 0) is 37.7 Å². The fourth-order valence-electron chi connectivity index (χ4n) is 3.51. The van der Waals surface area contributed by atoms with Crippen LogP contribution in [0, 0.1) is 17.1 Å². The number of hydrogen-bond donors (Lipinski definition) is 1. The minimum absolute atomic E-state index is 0.195. The van der Waals surface area contributed by atoms with Crippen molar-refractivity contribution < 1.29 is 13.9 Å². The summed E-state index contributed by atoms with van der Waals surface area (Å²) in [4.78, 5) is 4.76. The van der Waals surface area contributed by atoms with E-state index in [1.165, 1.54) is 12.1 Å². The number of rotatable bonds is 7. The highest BCUT2D eigenvalue weighted by Gasteiger charge is 2.34. The van der Waals surface area contributed by atoms with Gasteiger partial charge in [-0.2, -0.15) is 5.26 Å². The van der Waals surface area contributed by atoms with Crippen molar-refractivity contribution in [3.8, 4) is 11.8 Å². The molecule has 2 saturated heterocycles. The second-order valence-electron chi connectivity index (χ2n) is 6.65. The first-order valence-electron chi connectivity index (χ1n) is 8.80. The highest BCUT2D eigenvalue weighted by molar-refractivity contribution is 5.35. The van der Waals surface area contributed by atoms with Gasteiger partial charge in [-0.25, -0.2) is 4.39 Å². The number of hydrogen-bond acceptors (Lipinski definition) is 6. The summed E-state index contributed by atoms with van der Waals surface area (Å²) in [6.45, 7) is 6.54. The second kappa shape index (κ2) is 8.59. The minimum Gasteiger partial charge on any atom is -0.489 e. The van der Waals surface area contributed by atoms with Crippen LogP contribution in [0.3, 0.4) is 0 Å². The fraction of sp³-hybridized carbons (Fsp3) is 0.611. The predicted molar refractivity (Wildman–Crippen MR) is 91.8 cm³/mol. The molecule has 0 spiro atoms. The van der Waals surface area contributed by atoms with E-state index in [1.54, 1.807) is 6.07 Å². The average Bonchev–Trinajstić information content (AvgIpc) is 2.60. The van der Waals surface area contributed by atoms with Gasteiger partial charge in [-0.3, -0.25) is 9.80 Å². The maximum atomic E-state index is 13.8. The topological polar surface area (TPSA) is 74.8 Å². The van der Waals surface area contributed by atoms with Crippen LogP contribution in [0.2, 0.25) is 0 Å². The Hall–Kier alpha value is -1.72. The lowest BCUT2D eigenvalue weighted by Gasteiger charge is -2.45. The number of nitriles is 1. The third-order valence-corrected chi connectivity index (χ3v) is 4.64. The number of fused-ring (bicyclic) bond motifs is 2. The standard InChI is InChI=1S/C18H25FN4O2/c19-17-8-14(9-21)2-3-18(17)24-7-6-23-12-15-10-22(5-1-4-20)11-16(13-23)25-15/h2-3,8,15-16H,1,4-7,10-13,20H2. The molecular formula is C18H25FN4O2. The molecule has 136 valence electrons. The zero-order chi connectivity index (χ0) is 17.6. The molecule has 3 rings (SSSR count). The van der Waals surface area contributed by atoms with Crippen LogP contribution in [0.15, 0.2) is 18.2 Å². The Balaban J connectivity index is 1.44. The van der Waals surface area contributed by atoms with E-state index >= 15 is 0 Å². The van der Waals surface area contributed by atoms with Gasteiger partial charge in [-0.1, -0.05) is 0 Å². The summed E-state index contributed by atoms with van der Waals surface area (Å²) in [5.41, 5.74) is 5.89. The number of morpholine rings is 2. The van der Waals surface area contributed by atoms with Crippen LogP contribution in [0.25, 0.3) is 0 Å². The molecule has 1 aromatic rings. The number of halogens is 1. The largest absolute Gasteiger partial charge is 0.489 e. The molecule has 2 N–H and O–H groups in total. The number of nitrogens with zero attached hydrogens (tertiary/aromatic N) is 3. The van der Waals surface area contributed by atoms with Crippen molar-refractivity contribution in [2.45, 2.75) is 18.6 Å². The third kappa shape index (κ3) is 4.89. The Morgan fingerprint density at radius 3 is 2.48 bits per heavy atom. The minimum atomic E-state index is -0.492. The molecule has 2 bridgehead atoms. The van der Waals surface area contributed by atoms with Crippen LogP contribution in [0.1, 0.15) is 12.0 Å². The molecule has 2 heterocycles. The van der Waals surface area contributed by atoms with Gasteiger partial charge < -0.3 is 15.2 Å². The molecule has 0 radical (unpaired) electrons. The van der Waals surface area contributed by atoms with Gasteiger partial charge in [0.1, 0.15) is 6.61 Å². The van der Waals surface area contributed by atoms with E-state index in [0.717, 1.165) is 52.2 Å². The Bertz CT molecular complexity index is 608. The van der Waals surface area contributed by atoms with Gasteiger partial charge in [0.05, 0.1) is 23.8 Å². The summed E-state index contributed by atoms with van der Waals surface area (Å²) >= 11 is 0. The summed E-state index contributed by atoms with van der Waals surface area (Å²) in [6, 6.07) is 6.19. The number of benzene rings is 1. The van der Waals surface area contributed by atoms with Crippen LogP contribution in [0.4, 0.5) is 4.39 Å². The van der Waals surface area contributed by atoms with Crippen molar-refractivity contribution in [3.63, 3.8) is 0 Å². The molecule has 25 heavy (non-hydrogen) atoms. The lowest BCUT2D eigenvalue weighted by atomic mass is 10.1. The second-order valence-corrected chi connectivity index (χ2v) is 6.65. The van der Waals surface area contributed by atoms with Crippen molar-refractivity contribution >= 4 is 0 Å². The Labute approximate surface area is 147 Å². The molecule has 7 heteroatoms. The quantitative estimate of drug-likeness (QED) is 0.786. The number of ether oxygens (including phenoxy) is 2. The fourth-order valence-corrected chi connectivity index (χ4v) is 3.51. The van der Waals surface area contributed by atoms with E-state index in [-0.39, 0.29) is 18.0 Å². The van der Waals surface area contributed by atoms with Gasteiger partial charge in [-0.15, -0.1) is 0 Å². The average molecular weight is 348 g/mol. The van der Waals surface area contributed by atoms with E-state index in [1.807, 2.05) is 6.07 Å². The lowest BCUT2D eigenvalue weighted by molar-refractivity contribution is -0.139. The van der Waals surface area contributed by atoms with E-state index in [0.29, 0.717) is 12.2 Å². The molecule has 0 aliphatic carbocycles. The van der Waals surface area contributed by atoms with Crippen molar-refractivity contribution in [2.75, 3.05) is 52.4 Å². The Morgan fingerprint density at radius 2 is 1.88 bits per heavy atom. The van der Waals surface area contributed by atoms with E-state index in [9.17, 15) is 4.39 Å². The molecule has 0 saturated carbocycles. The van der Waals surface area contributed by atoms with E-state index in [4.69, 9.17) is 20.5 Å². The van der Waals surface area contributed by atoms with Crippen LogP contribution < -0.4 is 10.5 Å². The summed E-state index contributed by atoms with van der Waals surface area (Å²) in [7, 11) is 0. The molecule has 2 fully saturated rings. The van der Waals surface area contributed by atoms with Gasteiger partial charge in [0.2, 0.25) is 0 Å². The van der Waals surface area contributed by atoms with Crippen LogP contribution in [-0.2, 0) is 4.74 Å². The summed E-state index contributed by atoms with van der Waals surface area (Å²) in [6.07, 6.45) is 1.46. The monoisotopic (exact) mass is 348 g/mol. The molecule has 0 amide bonds. The molecule has 2 unspecified atom stereocenters. The van der Waals surface area contributed by atoms with Gasteiger partial charge in [0.25, 0.3) is 0 Å². The highest BCUT2D eigenvalue weighted by atomic mass is 19.1. The van der Waals surface area contributed by atoms with Crippen LogP contribution in [0.5, 0.6) is 5.75 Å². The van der Waals surface area contributed by atoms with Crippen molar-refractivity contribution in [2.24, 2.45) is 5.73 Å². The molecule has 2 atom stereocenters. The SMILES string of the molecule is N#Cc1ccc(OCCN2CC3CN(CCCN)CC(C2)O3)c(F)c1. The van der Waals surface area contributed by atoms with Crippen molar-refractivity contribution in [1.29, 1.82) is 5.26 Å². The van der Waals surface area contributed by atoms with Crippen molar-refractivity contribution in [3.05, 3.63) is 29.6 Å². The summed E-state index contributed by atoms with van der Waals surface area (Å²) in [5.74, 6) is -0.297. The third-order valence-electron chi connectivity index (χ3n) is 4.64. The molecule has 0 aromatic heterocycles. The summed E-state index contributed by atoms with van der Waals surface area (Å²) < 4.78 is 25.4. The highest BCUT2D eigenvalue weighted by Crippen LogP contribution is 2.20. The first-order chi connectivity index (χ1) is 12.2. The summed E-state index contributed by atoms with van der Waals surface area (Å²) in [5, 5.41) is 8.76. The first kappa shape index (κ1) is 18.1. The van der Waals surface area contributed by atoms with E-state index < -0.39 is 5.82 Å². The van der Waals surface area contributed by atoms with Crippen LogP contribution >= 0.6 is 0 Å². The van der Waals surface area contributed by atoms with Crippen LogP contribution in [-0.4, -0.2) is 74.4 Å². The van der Waals surface area contributed by atoms with Gasteiger partial charge in [0.15, 0.2) is 11.6 Å². The zero-order valence-corrected chi connectivity index (χ0v) is 14.4. The lowest BCUT2D eigenvalue weighted by Crippen LogP contribution is -2.60. The maximum absolute atomic E-state index is 13.8. The van der Waals surface area contributed by atoms with Gasteiger partial charge in [0, 0.05) is 32.7 Å². The van der Waals surface area contributed by atoms with Crippen molar-refractivity contribution in [1.82, 2.24) is 9.80 Å². The Morgan fingerprint density at radius 1 is 1.20 bits per heavy atom. The molecule has 2 aliphatic rings. The molecular weight excluding hydrogens is 323 g/mol. The predicted octanol–water partition coefficient (Wildman–Crippen LogP) is 0.810. The molecule has 6 nitrogen and oxygen atoms in total. The maximum Gasteiger partial charge on any atom is 0.166 e. The number of nitrogens with two attached hydrogens (primary N) is 1. The Kier molecular flexibility index (Phi) is 6.21. The molecule has 1 aromatic carbocycles. The van der Waals surface area contributed by atoms with Gasteiger partial charge >= 0.3 is 0 Å². The first-order valence-corrected chi connectivity index (χ1v) is 8.80. The smallest absolute Gasteiger partial charge is 0.166 e. The molecule has 2 aliphatic heterocycles. The zero-order valence-electron chi connectivity index (χ0n) is 14.4. The van der Waals surface area contributed by atoms with E-state index in [2.05, 4.69) is 9.80 Å². The normalized spacial score (nSPS) is 24.0.